The Bertz CT molecular complexity index is 2240. The van der Waals surface area contributed by atoms with E-state index in [1.165, 1.54) is 55.6 Å². The summed E-state index contributed by atoms with van der Waals surface area (Å²) in [6, 6.07) is 53.1. The monoisotopic (exact) mass is 809 g/mol. The van der Waals surface area contributed by atoms with Gasteiger partial charge in [-0.1, -0.05) is 94.4 Å². The Morgan fingerprint density at radius 1 is 0.469 bits per heavy atom. The van der Waals surface area contributed by atoms with Crippen molar-refractivity contribution in [2.24, 2.45) is 0 Å². The molecule has 0 aliphatic heterocycles. The van der Waals surface area contributed by atoms with E-state index in [1.807, 2.05) is 60.8 Å². The van der Waals surface area contributed by atoms with Crippen molar-refractivity contribution in [2.75, 3.05) is 0 Å². The molecule has 49 heavy (non-hydrogen) atoms. The predicted molar refractivity (Wildman–Crippen MR) is 198 cm³/mol. The Morgan fingerprint density at radius 3 is 1.71 bits per heavy atom. The van der Waals surface area contributed by atoms with Crippen LogP contribution in [-0.4, -0.2) is 9.97 Å². The summed E-state index contributed by atoms with van der Waals surface area (Å²) in [6.45, 7) is 9.51. The molecule has 0 unspecified atom stereocenters. The molecule has 1 radical (unpaired) electrons. The van der Waals surface area contributed by atoms with Crippen molar-refractivity contribution in [3.63, 3.8) is 0 Å². The number of hydrogen-bond acceptors (Lipinski definition) is 2. The smallest absolute Gasteiger partial charge is 0.0166 e. The molecule has 7 aromatic rings. The largest absolute Gasteiger partial charge is 0.305 e. The van der Waals surface area contributed by atoms with Gasteiger partial charge in [0.25, 0.3) is 0 Å². The van der Waals surface area contributed by atoms with Crippen molar-refractivity contribution < 1.29 is 20.1 Å². The molecule has 2 heterocycles. The minimum absolute atomic E-state index is 0. The van der Waals surface area contributed by atoms with E-state index in [-0.39, 0.29) is 30.9 Å². The second-order valence-corrected chi connectivity index (χ2v) is 13.6. The SMILES string of the molecule is CC1(C)c2ccccc2-c2c1cc1c(c2-c2ccnc(-c3[c-]cccc3)c2)C(C)(C)c2ccccc2-1.[Ir].[c-]1ccccc1-c1ccccn1. The fourth-order valence-corrected chi connectivity index (χ4v) is 7.76. The summed E-state index contributed by atoms with van der Waals surface area (Å²) in [6.07, 6.45) is 3.74. The van der Waals surface area contributed by atoms with Crippen molar-refractivity contribution in [1.29, 1.82) is 0 Å². The third-order valence-electron chi connectivity index (χ3n) is 10.1. The maximum Gasteiger partial charge on any atom is 0.0166 e. The van der Waals surface area contributed by atoms with Gasteiger partial charge >= 0.3 is 0 Å². The maximum absolute atomic E-state index is 4.74. The van der Waals surface area contributed by atoms with Crippen molar-refractivity contribution in [2.45, 2.75) is 38.5 Å². The Morgan fingerprint density at radius 2 is 1.06 bits per heavy atom. The van der Waals surface area contributed by atoms with Gasteiger partial charge in [0.1, 0.15) is 0 Å². The first-order valence-corrected chi connectivity index (χ1v) is 16.6. The Kier molecular flexibility index (Phi) is 8.53. The summed E-state index contributed by atoms with van der Waals surface area (Å²) >= 11 is 0. The Hall–Kier alpha value is -4.95. The predicted octanol–water partition coefficient (Wildman–Crippen LogP) is 11.4. The number of hydrogen-bond donors (Lipinski definition) is 0. The molecular weight excluding hydrogens is 773 g/mol. The third-order valence-corrected chi connectivity index (χ3v) is 10.1. The molecule has 0 saturated carbocycles. The molecule has 9 rings (SSSR count). The number of fused-ring (bicyclic) bond motifs is 6. The van der Waals surface area contributed by atoms with Gasteiger partial charge in [0.15, 0.2) is 0 Å². The molecule has 5 aromatic carbocycles. The molecule has 2 nitrogen and oxygen atoms in total. The minimum Gasteiger partial charge on any atom is -0.305 e. The number of benzene rings is 5. The van der Waals surface area contributed by atoms with Crippen LogP contribution in [0.3, 0.4) is 0 Å². The number of nitrogens with zero attached hydrogens (tertiary/aromatic N) is 2. The van der Waals surface area contributed by atoms with Crippen molar-refractivity contribution in [1.82, 2.24) is 9.97 Å². The van der Waals surface area contributed by atoms with E-state index in [4.69, 9.17) is 4.98 Å². The number of pyridine rings is 2. The average molecular weight is 809 g/mol. The molecular formula is C46H36IrN2-2. The van der Waals surface area contributed by atoms with Gasteiger partial charge in [-0.3, -0.25) is 0 Å². The zero-order valence-electron chi connectivity index (χ0n) is 28.1. The molecule has 0 spiro atoms. The van der Waals surface area contributed by atoms with E-state index in [9.17, 15) is 0 Å². The first kappa shape index (κ1) is 32.6. The van der Waals surface area contributed by atoms with E-state index >= 15 is 0 Å². The van der Waals surface area contributed by atoms with E-state index in [0.717, 1.165) is 22.5 Å². The van der Waals surface area contributed by atoms with E-state index in [2.05, 4.69) is 124 Å². The van der Waals surface area contributed by atoms with Crippen LogP contribution in [0.2, 0.25) is 0 Å². The van der Waals surface area contributed by atoms with Gasteiger partial charge in [0.05, 0.1) is 0 Å². The van der Waals surface area contributed by atoms with Crippen LogP contribution in [0.5, 0.6) is 0 Å². The summed E-state index contributed by atoms with van der Waals surface area (Å²) < 4.78 is 0. The van der Waals surface area contributed by atoms with Gasteiger partial charge in [0, 0.05) is 43.3 Å². The number of aromatic nitrogens is 2. The van der Waals surface area contributed by atoms with Crippen LogP contribution < -0.4 is 0 Å². The van der Waals surface area contributed by atoms with Gasteiger partial charge in [0.2, 0.25) is 0 Å². The Balaban J connectivity index is 0.000000246. The van der Waals surface area contributed by atoms with Crippen LogP contribution >= 0.6 is 0 Å². The zero-order valence-corrected chi connectivity index (χ0v) is 30.5. The fraction of sp³-hybridized carbons (Fsp3) is 0.130. The minimum atomic E-state index is -0.111. The quantitative estimate of drug-likeness (QED) is 0.166. The molecule has 0 atom stereocenters. The topological polar surface area (TPSA) is 25.8 Å². The summed E-state index contributed by atoms with van der Waals surface area (Å²) in [7, 11) is 0. The van der Waals surface area contributed by atoms with Gasteiger partial charge in [-0.15, -0.1) is 71.8 Å². The molecule has 0 amide bonds. The summed E-state index contributed by atoms with van der Waals surface area (Å²) in [4.78, 5) is 8.96. The molecule has 2 aromatic heterocycles. The van der Waals surface area contributed by atoms with E-state index in [1.54, 1.807) is 6.20 Å². The van der Waals surface area contributed by atoms with Crippen LogP contribution in [-0.2, 0) is 30.9 Å². The maximum atomic E-state index is 4.74. The van der Waals surface area contributed by atoms with Crippen LogP contribution in [0.4, 0.5) is 0 Å². The standard InChI is InChI=1S/C35H28N.C11H8N.Ir/c1-34(2)28-17-11-9-15-25(28)32-29(34)21-26-24-14-8-10-16-27(24)35(3,4)33(26)31(32)23-18-19-36-30(20-23)22-12-6-5-7-13-22;1-2-6-10(7-3-1)11-8-4-5-9-12-11;/h5-12,14-21H,1-4H3;1-6,8-9H;/q2*-1;. The normalized spacial score (nSPS) is 13.9. The molecule has 0 fully saturated rings. The van der Waals surface area contributed by atoms with Crippen molar-refractivity contribution in [3.05, 3.63) is 180 Å². The summed E-state index contributed by atoms with van der Waals surface area (Å²) in [5.41, 5.74) is 17.5. The van der Waals surface area contributed by atoms with Crippen molar-refractivity contribution in [3.8, 4) is 55.9 Å². The van der Waals surface area contributed by atoms with Crippen LogP contribution in [0, 0.1) is 12.1 Å². The molecule has 0 N–H and O–H groups in total. The van der Waals surface area contributed by atoms with Crippen LogP contribution in [0.25, 0.3) is 55.9 Å². The van der Waals surface area contributed by atoms with Crippen LogP contribution in [0.1, 0.15) is 49.9 Å². The average Bonchev–Trinajstić information content (AvgIpc) is 3.52. The summed E-state index contributed by atoms with van der Waals surface area (Å²) in [5.74, 6) is 0. The third kappa shape index (κ3) is 5.48. The fourth-order valence-electron chi connectivity index (χ4n) is 7.76. The molecule has 0 bridgehead atoms. The van der Waals surface area contributed by atoms with Crippen LogP contribution in [0.15, 0.2) is 146 Å². The summed E-state index contributed by atoms with van der Waals surface area (Å²) in [5, 5.41) is 0. The van der Waals surface area contributed by atoms with Crippen molar-refractivity contribution >= 4 is 0 Å². The zero-order chi connectivity index (χ0) is 32.9. The Labute approximate surface area is 303 Å². The molecule has 0 saturated heterocycles. The first-order valence-electron chi connectivity index (χ1n) is 16.6. The molecule has 241 valence electrons. The van der Waals surface area contributed by atoms with E-state index < -0.39 is 0 Å². The second kappa shape index (κ2) is 12.8. The van der Waals surface area contributed by atoms with Gasteiger partial charge in [-0.05, 0) is 85.2 Å². The van der Waals surface area contributed by atoms with Gasteiger partial charge < -0.3 is 9.97 Å². The van der Waals surface area contributed by atoms with Gasteiger partial charge in [-0.25, -0.2) is 0 Å². The first-order chi connectivity index (χ1) is 23.4. The molecule has 3 heteroatoms. The second-order valence-electron chi connectivity index (χ2n) is 13.6. The molecule has 2 aliphatic carbocycles. The molecule has 2 aliphatic rings. The van der Waals surface area contributed by atoms with Gasteiger partial charge in [-0.2, -0.15) is 0 Å². The number of rotatable bonds is 3. The van der Waals surface area contributed by atoms with E-state index in [0.29, 0.717) is 0 Å².